The molecule has 1 amide bonds. The lowest BCUT2D eigenvalue weighted by molar-refractivity contribution is -0.122. The molecular formula is C12H14F2N2O. The van der Waals surface area contributed by atoms with Crippen molar-refractivity contribution in [3.05, 3.63) is 35.4 Å². The third kappa shape index (κ3) is 2.02. The van der Waals surface area contributed by atoms with E-state index in [1.165, 1.54) is 12.1 Å². The summed E-state index contributed by atoms with van der Waals surface area (Å²) in [5.74, 6) is -2.20. The van der Waals surface area contributed by atoms with Crippen LogP contribution in [-0.4, -0.2) is 19.0 Å². The Bertz CT molecular complexity index is 444. The predicted octanol–water partition coefficient (Wildman–Crippen LogP) is 0.927. The Morgan fingerprint density at radius 3 is 2.53 bits per heavy atom. The molecule has 17 heavy (non-hydrogen) atoms. The highest BCUT2D eigenvalue weighted by atomic mass is 19.1. The number of halogens is 2. The number of nitrogens with one attached hydrogen (secondary N) is 1. The SMILES string of the molecule is CC1(c2cc(F)cc(F)c2)CNCC1C(N)=O. The van der Waals surface area contributed by atoms with Crippen molar-refractivity contribution in [2.24, 2.45) is 11.7 Å². The quantitative estimate of drug-likeness (QED) is 0.808. The molecule has 1 heterocycles. The van der Waals surface area contributed by atoms with E-state index >= 15 is 0 Å². The fourth-order valence-corrected chi connectivity index (χ4v) is 2.43. The lowest BCUT2D eigenvalue weighted by Crippen LogP contribution is -2.39. The highest BCUT2D eigenvalue weighted by Crippen LogP contribution is 2.35. The molecular weight excluding hydrogens is 226 g/mol. The van der Waals surface area contributed by atoms with Crippen molar-refractivity contribution in [3.8, 4) is 0 Å². The highest BCUT2D eigenvalue weighted by molar-refractivity contribution is 5.79. The fourth-order valence-electron chi connectivity index (χ4n) is 2.43. The number of carbonyl (C=O) groups is 1. The van der Waals surface area contributed by atoms with Crippen LogP contribution in [0, 0.1) is 17.6 Å². The van der Waals surface area contributed by atoms with Gasteiger partial charge < -0.3 is 11.1 Å². The van der Waals surface area contributed by atoms with Crippen molar-refractivity contribution >= 4 is 5.91 Å². The molecule has 0 saturated carbocycles. The summed E-state index contributed by atoms with van der Waals surface area (Å²) in [6.45, 7) is 2.70. The number of amides is 1. The first kappa shape index (κ1) is 12.0. The van der Waals surface area contributed by atoms with Crippen molar-refractivity contribution in [1.82, 2.24) is 5.32 Å². The van der Waals surface area contributed by atoms with E-state index in [4.69, 9.17) is 5.73 Å². The van der Waals surface area contributed by atoms with Gasteiger partial charge in [-0.1, -0.05) is 6.92 Å². The average Bonchev–Trinajstić information content (AvgIpc) is 2.60. The largest absolute Gasteiger partial charge is 0.369 e. The summed E-state index contributed by atoms with van der Waals surface area (Å²) in [5.41, 5.74) is 5.12. The van der Waals surface area contributed by atoms with Crippen LogP contribution < -0.4 is 11.1 Å². The molecule has 1 aromatic carbocycles. The highest BCUT2D eigenvalue weighted by Gasteiger charge is 2.43. The van der Waals surface area contributed by atoms with Crippen LogP contribution in [0.5, 0.6) is 0 Å². The number of nitrogens with two attached hydrogens (primary N) is 1. The monoisotopic (exact) mass is 240 g/mol. The number of benzene rings is 1. The van der Waals surface area contributed by atoms with Gasteiger partial charge in [0.1, 0.15) is 11.6 Å². The smallest absolute Gasteiger partial charge is 0.222 e. The summed E-state index contributed by atoms with van der Waals surface area (Å²) in [5, 5.41) is 3.04. The van der Waals surface area contributed by atoms with Crippen molar-refractivity contribution in [3.63, 3.8) is 0 Å². The van der Waals surface area contributed by atoms with Crippen LogP contribution in [0.25, 0.3) is 0 Å². The minimum absolute atomic E-state index is 0.434. The van der Waals surface area contributed by atoms with Crippen LogP contribution in [0.4, 0.5) is 8.78 Å². The maximum atomic E-state index is 13.2. The first-order chi connectivity index (χ1) is 7.93. The summed E-state index contributed by atoms with van der Waals surface area (Å²) >= 11 is 0. The molecule has 0 spiro atoms. The van der Waals surface area contributed by atoms with Gasteiger partial charge in [0, 0.05) is 24.6 Å². The van der Waals surface area contributed by atoms with Crippen LogP contribution in [0.3, 0.4) is 0 Å². The fraction of sp³-hybridized carbons (Fsp3) is 0.417. The third-order valence-electron chi connectivity index (χ3n) is 3.48. The van der Waals surface area contributed by atoms with Gasteiger partial charge in [-0.15, -0.1) is 0 Å². The first-order valence-electron chi connectivity index (χ1n) is 5.40. The van der Waals surface area contributed by atoms with Gasteiger partial charge in [0.25, 0.3) is 0 Å². The van der Waals surface area contributed by atoms with E-state index in [-0.39, 0.29) is 0 Å². The Morgan fingerprint density at radius 2 is 2.00 bits per heavy atom. The molecule has 1 aliphatic heterocycles. The molecule has 1 aliphatic rings. The number of primary amides is 1. The molecule has 0 bridgehead atoms. The first-order valence-corrected chi connectivity index (χ1v) is 5.40. The molecule has 3 nitrogen and oxygen atoms in total. The second-order valence-corrected chi connectivity index (χ2v) is 4.66. The molecule has 0 radical (unpaired) electrons. The molecule has 1 aromatic rings. The van der Waals surface area contributed by atoms with E-state index in [1.54, 1.807) is 6.92 Å². The Labute approximate surface area is 98.0 Å². The van der Waals surface area contributed by atoms with Crippen LogP contribution in [-0.2, 0) is 10.2 Å². The standard InChI is InChI=1S/C12H14F2N2O/c1-12(6-16-5-10(12)11(15)17)7-2-8(13)4-9(14)3-7/h2-4,10,16H,5-6H2,1H3,(H2,15,17). The Morgan fingerprint density at radius 1 is 1.41 bits per heavy atom. The minimum Gasteiger partial charge on any atom is -0.369 e. The van der Waals surface area contributed by atoms with E-state index in [0.717, 1.165) is 6.07 Å². The van der Waals surface area contributed by atoms with Crippen molar-refractivity contribution in [2.45, 2.75) is 12.3 Å². The second-order valence-electron chi connectivity index (χ2n) is 4.66. The molecule has 2 atom stereocenters. The lowest BCUT2D eigenvalue weighted by atomic mass is 9.74. The van der Waals surface area contributed by atoms with Crippen LogP contribution in [0.2, 0.25) is 0 Å². The topological polar surface area (TPSA) is 55.1 Å². The van der Waals surface area contributed by atoms with Gasteiger partial charge in [-0.2, -0.15) is 0 Å². The summed E-state index contributed by atoms with van der Waals surface area (Å²) in [4.78, 5) is 11.4. The molecule has 1 fully saturated rings. The maximum absolute atomic E-state index is 13.2. The third-order valence-corrected chi connectivity index (χ3v) is 3.48. The number of hydrogen-bond acceptors (Lipinski definition) is 2. The van der Waals surface area contributed by atoms with Gasteiger partial charge in [0.15, 0.2) is 0 Å². The molecule has 1 saturated heterocycles. The van der Waals surface area contributed by atoms with Gasteiger partial charge >= 0.3 is 0 Å². The lowest BCUT2D eigenvalue weighted by Gasteiger charge is -2.29. The Kier molecular flexibility index (Phi) is 2.87. The van der Waals surface area contributed by atoms with Gasteiger partial charge in [0.05, 0.1) is 5.92 Å². The summed E-state index contributed by atoms with van der Waals surface area (Å²) in [7, 11) is 0. The summed E-state index contributed by atoms with van der Waals surface area (Å²) in [6.07, 6.45) is 0. The zero-order valence-corrected chi connectivity index (χ0v) is 9.47. The number of rotatable bonds is 2. The molecule has 5 heteroatoms. The Hall–Kier alpha value is -1.49. The zero-order valence-electron chi connectivity index (χ0n) is 9.47. The molecule has 92 valence electrons. The average molecular weight is 240 g/mol. The molecule has 2 unspecified atom stereocenters. The number of carbonyl (C=O) groups excluding carboxylic acids is 1. The van der Waals surface area contributed by atoms with E-state index in [2.05, 4.69) is 5.32 Å². The van der Waals surface area contributed by atoms with Crippen LogP contribution >= 0.6 is 0 Å². The van der Waals surface area contributed by atoms with Crippen molar-refractivity contribution in [1.29, 1.82) is 0 Å². The normalized spacial score (nSPS) is 28.3. The van der Waals surface area contributed by atoms with E-state index < -0.39 is 28.9 Å². The van der Waals surface area contributed by atoms with Crippen LogP contribution in [0.15, 0.2) is 18.2 Å². The minimum atomic E-state index is -0.658. The van der Waals surface area contributed by atoms with Crippen molar-refractivity contribution < 1.29 is 13.6 Å². The Balaban J connectivity index is 2.46. The van der Waals surface area contributed by atoms with E-state index in [0.29, 0.717) is 18.7 Å². The van der Waals surface area contributed by atoms with Crippen LogP contribution in [0.1, 0.15) is 12.5 Å². The number of hydrogen-bond donors (Lipinski definition) is 2. The van der Waals surface area contributed by atoms with Gasteiger partial charge in [-0.05, 0) is 17.7 Å². The van der Waals surface area contributed by atoms with Gasteiger partial charge in [-0.25, -0.2) is 8.78 Å². The van der Waals surface area contributed by atoms with Gasteiger partial charge in [-0.3, -0.25) is 4.79 Å². The zero-order chi connectivity index (χ0) is 12.6. The van der Waals surface area contributed by atoms with E-state index in [9.17, 15) is 13.6 Å². The molecule has 0 aliphatic carbocycles. The maximum Gasteiger partial charge on any atom is 0.222 e. The van der Waals surface area contributed by atoms with Crippen molar-refractivity contribution in [2.75, 3.05) is 13.1 Å². The van der Waals surface area contributed by atoms with E-state index in [1.807, 2.05) is 0 Å². The van der Waals surface area contributed by atoms with Gasteiger partial charge in [0.2, 0.25) is 5.91 Å². The summed E-state index contributed by atoms with van der Waals surface area (Å²) in [6, 6.07) is 3.33. The summed E-state index contributed by atoms with van der Waals surface area (Å²) < 4.78 is 26.4. The molecule has 2 rings (SSSR count). The molecule has 0 aromatic heterocycles. The second kappa shape index (κ2) is 4.07. The molecule has 3 N–H and O–H groups in total. The predicted molar refractivity (Wildman–Crippen MR) is 59.3 cm³/mol.